The molecule has 0 saturated carbocycles. The summed E-state index contributed by atoms with van der Waals surface area (Å²) in [5.74, 6) is 0. The molecule has 98 valence electrons. The maximum absolute atomic E-state index is 5.57. The third-order valence-corrected chi connectivity index (χ3v) is 5.91. The lowest BCUT2D eigenvalue weighted by molar-refractivity contribution is 0.118. The van der Waals surface area contributed by atoms with E-state index in [1.165, 1.54) is 19.5 Å². The van der Waals surface area contributed by atoms with Gasteiger partial charge in [0, 0.05) is 24.3 Å². The predicted molar refractivity (Wildman–Crippen MR) is 78.5 cm³/mol. The van der Waals surface area contributed by atoms with Crippen molar-refractivity contribution in [1.82, 2.24) is 0 Å². The molecule has 1 rings (SSSR count). The van der Waals surface area contributed by atoms with Crippen LogP contribution in [0.5, 0.6) is 0 Å². The highest BCUT2D eigenvalue weighted by Gasteiger charge is 2.17. The van der Waals surface area contributed by atoms with Crippen LogP contribution >= 0.6 is 34.9 Å². The number of thiophene rings is 1. The van der Waals surface area contributed by atoms with Gasteiger partial charge < -0.3 is 9.47 Å². The molecule has 0 fully saturated rings. The molecule has 1 aromatic rings. The van der Waals surface area contributed by atoms with Crippen LogP contribution in [0, 0.1) is 0 Å². The molecule has 0 saturated heterocycles. The van der Waals surface area contributed by atoms with E-state index in [9.17, 15) is 0 Å². The summed E-state index contributed by atoms with van der Waals surface area (Å²) >= 11 is 5.45. The summed E-state index contributed by atoms with van der Waals surface area (Å²) in [7, 11) is 0. The highest BCUT2D eigenvalue weighted by molar-refractivity contribution is 8.02. The zero-order valence-electron chi connectivity index (χ0n) is 10.9. The van der Waals surface area contributed by atoms with Gasteiger partial charge in [0.05, 0.1) is 21.6 Å². The Balaban J connectivity index is 2.96. The summed E-state index contributed by atoms with van der Waals surface area (Å²) < 4.78 is 13.9. The summed E-state index contributed by atoms with van der Waals surface area (Å²) in [6.45, 7) is 6.97. The first-order chi connectivity index (χ1) is 8.28. The maximum Gasteiger partial charge on any atom is 0.0739 e. The van der Waals surface area contributed by atoms with E-state index >= 15 is 0 Å². The minimum atomic E-state index is 0.701. The normalized spacial score (nSPS) is 11.1. The lowest BCUT2D eigenvalue weighted by Gasteiger charge is -2.08. The molecule has 0 spiro atoms. The van der Waals surface area contributed by atoms with Gasteiger partial charge in [0.15, 0.2) is 0 Å². The summed E-state index contributed by atoms with van der Waals surface area (Å²) in [5, 5.41) is 0. The quantitative estimate of drug-likeness (QED) is 0.666. The molecule has 0 unspecified atom stereocenters. The third kappa shape index (κ3) is 4.17. The van der Waals surface area contributed by atoms with E-state index in [0.717, 1.165) is 13.2 Å². The molecular formula is C12H20O2S3. The van der Waals surface area contributed by atoms with Crippen LogP contribution in [-0.4, -0.2) is 25.7 Å². The van der Waals surface area contributed by atoms with Crippen molar-refractivity contribution in [2.75, 3.05) is 25.7 Å². The van der Waals surface area contributed by atoms with Crippen LogP contribution in [-0.2, 0) is 22.7 Å². The highest BCUT2D eigenvalue weighted by Crippen LogP contribution is 2.40. The van der Waals surface area contributed by atoms with E-state index < -0.39 is 0 Å². The topological polar surface area (TPSA) is 18.5 Å². The van der Waals surface area contributed by atoms with E-state index in [2.05, 4.69) is 12.5 Å². The molecule has 0 aliphatic rings. The fourth-order valence-corrected chi connectivity index (χ4v) is 4.44. The molecule has 0 bridgehead atoms. The zero-order valence-corrected chi connectivity index (χ0v) is 13.3. The molecule has 0 aromatic carbocycles. The van der Waals surface area contributed by atoms with Crippen LogP contribution in [0.4, 0.5) is 0 Å². The molecule has 17 heavy (non-hydrogen) atoms. The van der Waals surface area contributed by atoms with E-state index in [4.69, 9.17) is 9.47 Å². The number of rotatable bonds is 8. The first-order valence-corrected chi connectivity index (χ1v) is 8.93. The zero-order chi connectivity index (χ0) is 12.7. The second-order valence-electron chi connectivity index (χ2n) is 3.32. The fourth-order valence-electron chi connectivity index (χ4n) is 1.48. The smallest absolute Gasteiger partial charge is 0.0739 e. The van der Waals surface area contributed by atoms with Crippen LogP contribution in [0.2, 0.25) is 0 Å². The van der Waals surface area contributed by atoms with Gasteiger partial charge >= 0.3 is 0 Å². The number of ether oxygens (including phenoxy) is 2. The Morgan fingerprint density at radius 2 is 1.29 bits per heavy atom. The van der Waals surface area contributed by atoms with Gasteiger partial charge in [0.2, 0.25) is 0 Å². The van der Waals surface area contributed by atoms with Crippen LogP contribution < -0.4 is 0 Å². The molecule has 1 heterocycles. The average molecular weight is 292 g/mol. The number of thioether (sulfide) groups is 2. The average Bonchev–Trinajstić information content (AvgIpc) is 2.70. The molecular weight excluding hydrogens is 272 g/mol. The van der Waals surface area contributed by atoms with Gasteiger partial charge in [0.25, 0.3) is 0 Å². The third-order valence-electron chi connectivity index (χ3n) is 2.31. The SMILES string of the molecule is CCOCc1c(SC)sc(SC)c1COCC. The van der Waals surface area contributed by atoms with Gasteiger partial charge in [-0.3, -0.25) is 0 Å². The lowest BCUT2D eigenvalue weighted by Crippen LogP contribution is -1.99. The summed E-state index contributed by atoms with van der Waals surface area (Å²) in [5.41, 5.74) is 2.64. The Hall–Kier alpha value is 0.320. The molecule has 2 nitrogen and oxygen atoms in total. The van der Waals surface area contributed by atoms with Gasteiger partial charge in [-0.05, 0) is 26.4 Å². The van der Waals surface area contributed by atoms with Crippen molar-refractivity contribution in [2.24, 2.45) is 0 Å². The van der Waals surface area contributed by atoms with Gasteiger partial charge in [-0.1, -0.05) is 0 Å². The van der Waals surface area contributed by atoms with Crippen molar-refractivity contribution in [2.45, 2.75) is 35.5 Å². The van der Waals surface area contributed by atoms with Crippen LogP contribution in [0.25, 0.3) is 0 Å². The minimum absolute atomic E-state index is 0.701. The molecule has 1 aromatic heterocycles. The summed E-state index contributed by atoms with van der Waals surface area (Å²) in [4.78, 5) is 0. The van der Waals surface area contributed by atoms with Crippen molar-refractivity contribution >= 4 is 34.9 Å². The molecule has 5 heteroatoms. The van der Waals surface area contributed by atoms with Crippen LogP contribution in [0.3, 0.4) is 0 Å². The monoisotopic (exact) mass is 292 g/mol. The Bertz CT molecular complexity index is 306. The van der Waals surface area contributed by atoms with Gasteiger partial charge in [-0.2, -0.15) is 0 Å². The summed E-state index contributed by atoms with van der Waals surface area (Å²) in [6, 6.07) is 0. The van der Waals surface area contributed by atoms with E-state index in [1.807, 2.05) is 25.2 Å². The van der Waals surface area contributed by atoms with Gasteiger partial charge in [-0.15, -0.1) is 34.9 Å². The largest absolute Gasteiger partial charge is 0.377 e. The van der Waals surface area contributed by atoms with Gasteiger partial charge in [0.1, 0.15) is 0 Å². The van der Waals surface area contributed by atoms with E-state index in [-0.39, 0.29) is 0 Å². The molecule has 0 N–H and O–H groups in total. The fraction of sp³-hybridized carbons (Fsp3) is 0.667. The van der Waals surface area contributed by atoms with Crippen LogP contribution in [0.15, 0.2) is 8.42 Å². The maximum atomic E-state index is 5.57. The van der Waals surface area contributed by atoms with Crippen molar-refractivity contribution in [3.05, 3.63) is 11.1 Å². The molecule has 0 aliphatic carbocycles. The van der Waals surface area contributed by atoms with Crippen molar-refractivity contribution in [3.63, 3.8) is 0 Å². The number of hydrogen-bond donors (Lipinski definition) is 0. The Morgan fingerprint density at radius 3 is 1.59 bits per heavy atom. The second kappa shape index (κ2) is 8.43. The predicted octanol–water partition coefficient (Wildman–Crippen LogP) is 4.26. The summed E-state index contributed by atoms with van der Waals surface area (Å²) in [6.07, 6.45) is 4.24. The standard InChI is InChI=1S/C12H20O2S3/c1-5-13-7-9-10(8-14-6-2)12(16-4)17-11(9)15-3/h5-8H2,1-4H3. The van der Waals surface area contributed by atoms with E-state index in [0.29, 0.717) is 13.2 Å². The molecule has 0 aliphatic heterocycles. The first kappa shape index (κ1) is 15.4. The number of hydrogen-bond acceptors (Lipinski definition) is 5. The minimum Gasteiger partial charge on any atom is -0.377 e. The highest BCUT2D eigenvalue weighted by atomic mass is 32.2. The molecule has 0 amide bonds. The Morgan fingerprint density at radius 1 is 0.882 bits per heavy atom. The lowest BCUT2D eigenvalue weighted by atomic mass is 10.2. The van der Waals surface area contributed by atoms with Crippen LogP contribution in [0.1, 0.15) is 25.0 Å². The van der Waals surface area contributed by atoms with Gasteiger partial charge in [-0.25, -0.2) is 0 Å². The van der Waals surface area contributed by atoms with E-state index in [1.54, 1.807) is 23.5 Å². The Labute approximate surface area is 116 Å². The molecule has 0 atom stereocenters. The van der Waals surface area contributed by atoms with Crippen molar-refractivity contribution < 1.29 is 9.47 Å². The van der Waals surface area contributed by atoms with Crippen molar-refractivity contribution in [3.8, 4) is 0 Å². The van der Waals surface area contributed by atoms with Crippen molar-refractivity contribution in [1.29, 1.82) is 0 Å². The second-order valence-corrected chi connectivity index (χ2v) is 6.49. The molecule has 0 radical (unpaired) electrons. The Kier molecular flexibility index (Phi) is 7.62. The first-order valence-electron chi connectivity index (χ1n) is 5.66.